The lowest BCUT2D eigenvalue weighted by atomic mass is 9.97. The van der Waals surface area contributed by atoms with Crippen LogP contribution >= 0.6 is 0 Å². The maximum Gasteiger partial charge on any atom is 0.225 e. The fourth-order valence-electron chi connectivity index (χ4n) is 3.82. The van der Waals surface area contributed by atoms with Crippen molar-refractivity contribution in [3.05, 3.63) is 54.4 Å². The molecule has 0 radical (unpaired) electrons. The average molecular weight is 363 g/mol. The van der Waals surface area contributed by atoms with E-state index < -0.39 is 0 Å². The zero-order valence-corrected chi connectivity index (χ0v) is 15.6. The molecule has 1 fully saturated rings. The Bertz CT molecular complexity index is 921. The molecule has 1 atom stereocenters. The molecule has 0 spiro atoms. The molecule has 1 saturated heterocycles. The van der Waals surface area contributed by atoms with Gasteiger partial charge in [0.2, 0.25) is 11.9 Å². The molecule has 4 rings (SSSR count). The summed E-state index contributed by atoms with van der Waals surface area (Å²) in [6, 6.07) is 12.1. The van der Waals surface area contributed by atoms with Crippen molar-refractivity contribution in [2.24, 2.45) is 5.92 Å². The molecular weight excluding hydrogens is 338 g/mol. The van der Waals surface area contributed by atoms with Gasteiger partial charge in [-0.1, -0.05) is 12.1 Å². The lowest BCUT2D eigenvalue weighted by Gasteiger charge is -2.33. The summed E-state index contributed by atoms with van der Waals surface area (Å²) < 4.78 is 2.24. The van der Waals surface area contributed by atoms with Gasteiger partial charge in [0, 0.05) is 38.6 Å². The molecule has 0 saturated carbocycles. The van der Waals surface area contributed by atoms with Gasteiger partial charge in [-0.15, -0.1) is 0 Å². The average Bonchev–Trinajstić information content (AvgIpc) is 3.11. The van der Waals surface area contributed by atoms with Crippen LogP contribution in [0, 0.1) is 5.92 Å². The predicted octanol–water partition coefficient (Wildman–Crippen LogP) is 2.98. The van der Waals surface area contributed by atoms with Crippen molar-refractivity contribution in [1.82, 2.24) is 19.9 Å². The first kappa shape index (κ1) is 17.5. The molecule has 1 amide bonds. The molecule has 1 N–H and O–H groups in total. The number of carbonyl (C=O) groups excluding carboxylic acids is 1. The highest BCUT2D eigenvalue weighted by atomic mass is 16.1. The summed E-state index contributed by atoms with van der Waals surface area (Å²) >= 11 is 0. The van der Waals surface area contributed by atoms with Gasteiger partial charge in [-0.25, -0.2) is 4.98 Å². The van der Waals surface area contributed by atoms with Gasteiger partial charge in [0.05, 0.1) is 17.0 Å². The van der Waals surface area contributed by atoms with E-state index in [9.17, 15) is 4.79 Å². The van der Waals surface area contributed by atoms with Crippen LogP contribution in [0.4, 0.5) is 5.95 Å². The molecule has 2 aromatic heterocycles. The minimum Gasteiger partial charge on any atom is -0.352 e. The van der Waals surface area contributed by atoms with Crippen LogP contribution in [0.25, 0.3) is 11.0 Å². The summed E-state index contributed by atoms with van der Waals surface area (Å²) in [6.07, 6.45) is 5.42. The second kappa shape index (κ2) is 7.78. The first-order chi connectivity index (χ1) is 13.3. The number of hydrogen-bond acceptors (Lipinski definition) is 4. The maximum absolute atomic E-state index is 12.7. The van der Waals surface area contributed by atoms with Gasteiger partial charge in [-0.3, -0.25) is 9.78 Å². The summed E-state index contributed by atoms with van der Waals surface area (Å²) in [6.45, 7) is 5.21. The van der Waals surface area contributed by atoms with E-state index in [2.05, 4.69) is 32.8 Å². The first-order valence-electron chi connectivity index (χ1n) is 9.63. The highest BCUT2D eigenvalue weighted by molar-refractivity contribution is 5.81. The van der Waals surface area contributed by atoms with Crippen molar-refractivity contribution in [1.29, 1.82) is 0 Å². The normalized spacial score (nSPS) is 17.2. The Labute approximate surface area is 159 Å². The van der Waals surface area contributed by atoms with Gasteiger partial charge in [-0.05, 0) is 49.6 Å². The Morgan fingerprint density at radius 1 is 1.22 bits per heavy atom. The summed E-state index contributed by atoms with van der Waals surface area (Å²) in [5, 5.41) is 3.08. The number of pyridine rings is 1. The van der Waals surface area contributed by atoms with Gasteiger partial charge in [0.15, 0.2) is 0 Å². The van der Waals surface area contributed by atoms with E-state index >= 15 is 0 Å². The first-order valence-corrected chi connectivity index (χ1v) is 9.63. The van der Waals surface area contributed by atoms with Crippen LogP contribution in [-0.2, 0) is 17.9 Å². The van der Waals surface area contributed by atoms with Crippen LogP contribution in [0.5, 0.6) is 0 Å². The Hall–Kier alpha value is -2.89. The van der Waals surface area contributed by atoms with Crippen LogP contribution < -0.4 is 10.2 Å². The minimum atomic E-state index is -0.00861. The number of amides is 1. The topological polar surface area (TPSA) is 63.1 Å². The SMILES string of the molecule is CCn1c(N2CCCC(C(=O)NCc3ccncc3)C2)nc2ccccc21. The largest absolute Gasteiger partial charge is 0.352 e. The Kier molecular flexibility index (Phi) is 5.05. The predicted molar refractivity (Wildman–Crippen MR) is 106 cm³/mol. The van der Waals surface area contributed by atoms with E-state index in [-0.39, 0.29) is 11.8 Å². The standard InChI is InChI=1S/C21H25N5O/c1-2-26-19-8-4-3-7-18(19)24-21(26)25-13-5-6-17(15-25)20(27)23-14-16-9-11-22-12-10-16/h3-4,7-12,17H,2,5-6,13-15H2,1H3,(H,23,27). The third kappa shape index (κ3) is 3.65. The number of rotatable bonds is 5. The number of piperidine rings is 1. The van der Waals surface area contributed by atoms with Crippen LogP contribution in [0.15, 0.2) is 48.8 Å². The molecule has 3 heterocycles. The molecule has 1 aliphatic heterocycles. The number of carbonyl (C=O) groups is 1. The summed E-state index contributed by atoms with van der Waals surface area (Å²) in [7, 11) is 0. The summed E-state index contributed by atoms with van der Waals surface area (Å²) in [5.74, 6) is 1.09. The Morgan fingerprint density at radius 2 is 2.04 bits per heavy atom. The van der Waals surface area contributed by atoms with E-state index in [0.717, 1.165) is 48.5 Å². The van der Waals surface area contributed by atoms with Crippen LogP contribution in [0.2, 0.25) is 0 Å². The van der Waals surface area contributed by atoms with E-state index in [1.807, 2.05) is 30.3 Å². The number of fused-ring (bicyclic) bond motifs is 1. The number of aryl methyl sites for hydroxylation is 1. The van der Waals surface area contributed by atoms with Crippen molar-refractivity contribution in [3.8, 4) is 0 Å². The highest BCUT2D eigenvalue weighted by Gasteiger charge is 2.28. The number of nitrogens with one attached hydrogen (secondary N) is 1. The third-order valence-corrected chi connectivity index (χ3v) is 5.24. The molecule has 0 aliphatic carbocycles. The number of aromatic nitrogens is 3. The Balaban J connectivity index is 1.47. The zero-order valence-electron chi connectivity index (χ0n) is 15.6. The highest BCUT2D eigenvalue weighted by Crippen LogP contribution is 2.27. The van der Waals surface area contributed by atoms with E-state index in [0.29, 0.717) is 13.1 Å². The number of para-hydroxylation sites is 2. The molecule has 1 unspecified atom stereocenters. The van der Waals surface area contributed by atoms with Gasteiger partial charge >= 0.3 is 0 Å². The number of nitrogens with zero attached hydrogens (tertiary/aromatic N) is 4. The van der Waals surface area contributed by atoms with Crippen LogP contribution in [0.1, 0.15) is 25.3 Å². The quantitative estimate of drug-likeness (QED) is 0.757. The van der Waals surface area contributed by atoms with Gasteiger partial charge < -0.3 is 14.8 Å². The van der Waals surface area contributed by atoms with Crippen molar-refractivity contribution >= 4 is 22.9 Å². The smallest absolute Gasteiger partial charge is 0.225 e. The minimum absolute atomic E-state index is 0.00861. The van der Waals surface area contributed by atoms with Crippen LogP contribution in [0.3, 0.4) is 0 Å². The molecule has 140 valence electrons. The van der Waals surface area contributed by atoms with Crippen molar-refractivity contribution in [2.75, 3.05) is 18.0 Å². The Morgan fingerprint density at radius 3 is 2.85 bits per heavy atom. The third-order valence-electron chi connectivity index (χ3n) is 5.24. The van der Waals surface area contributed by atoms with E-state index in [4.69, 9.17) is 4.98 Å². The van der Waals surface area contributed by atoms with Gasteiger partial charge in [-0.2, -0.15) is 0 Å². The molecule has 0 bridgehead atoms. The monoisotopic (exact) mass is 363 g/mol. The number of imidazole rings is 1. The van der Waals surface area contributed by atoms with Crippen molar-refractivity contribution in [2.45, 2.75) is 32.9 Å². The summed E-state index contributed by atoms with van der Waals surface area (Å²) in [4.78, 5) is 23.8. The number of anilines is 1. The van der Waals surface area contributed by atoms with Crippen molar-refractivity contribution in [3.63, 3.8) is 0 Å². The van der Waals surface area contributed by atoms with Gasteiger partial charge in [0.25, 0.3) is 0 Å². The van der Waals surface area contributed by atoms with Crippen LogP contribution in [-0.4, -0.2) is 33.5 Å². The lowest BCUT2D eigenvalue weighted by molar-refractivity contribution is -0.125. The lowest BCUT2D eigenvalue weighted by Crippen LogP contribution is -2.43. The van der Waals surface area contributed by atoms with Crippen molar-refractivity contribution < 1.29 is 4.79 Å². The molecule has 6 nitrogen and oxygen atoms in total. The maximum atomic E-state index is 12.7. The van der Waals surface area contributed by atoms with E-state index in [1.54, 1.807) is 12.4 Å². The second-order valence-electron chi connectivity index (χ2n) is 7.00. The fourth-order valence-corrected chi connectivity index (χ4v) is 3.82. The molecule has 3 aromatic rings. The van der Waals surface area contributed by atoms with Gasteiger partial charge in [0.1, 0.15) is 0 Å². The molecular formula is C21H25N5O. The number of hydrogen-bond donors (Lipinski definition) is 1. The molecule has 6 heteroatoms. The molecule has 1 aliphatic rings. The molecule has 27 heavy (non-hydrogen) atoms. The fraction of sp³-hybridized carbons (Fsp3) is 0.381. The second-order valence-corrected chi connectivity index (χ2v) is 7.00. The number of benzene rings is 1. The summed E-state index contributed by atoms with van der Waals surface area (Å²) in [5.41, 5.74) is 3.23. The van der Waals surface area contributed by atoms with E-state index in [1.165, 1.54) is 0 Å². The molecule has 1 aromatic carbocycles. The zero-order chi connectivity index (χ0) is 18.6.